The van der Waals surface area contributed by atoms with Crippen LogP contribution in [0.5, 0.6) is 5.75 Å². The zero-order valence-corrected chi connectivity index (χ0v) is 21.6. The number of esters is 2. The topological polar surface area (TPSA) is 52.6 Å². The highest BCUT2D eigenvalue weighted by Gasteiger charge is 2.72. The van der Waals surface area contributed by atoms with Gasteiger partial charge in [0.15, 0.2) is 0 Å². The SMILES string of the molecule is COC(=O)c1ccc(-c2ccc(C(=O)Oc3ccc(C(c4ccc(C)cc4)(C(F)(F)F)C(F)(F)F)cc3)cc2)cc1. The first-order valence-electron chi connectivity index (χ1n) is 12.1. The normalized spacial score (nSPS) is 12.1. The van der Waals surface area contributed by atoms with Gasteiger partial charge < -0.3 is 9.47 Å². The van der Waals surface area contributed by atoms with Gasteiger partial charge in [-0.05, 0) is 65.6 Å². The van der Waals surface area contributed by atoms with Gasteiger partial charge in [-0.1, -0.05) is 66.2 Å². The Morgan fingerprint density at radius 1 is 0.561 bits per heavy atom. The van der Waals surface area contributed by atoms with Gasteiger partial charge in [-0.25, -0.2) is 9.59 Å². The molecule has 4 rings (SSSR count). The third-order valence-corrected chi connectivity index (χ3v) is 6.59. The van der Waals surface area contributed by atoms with Crippen LogP contribution in [0.4, 0.5) is 26.3 Å². The van der Waals surface area contributed by atoms with E-state index in [2.05, 4.69) is 4.74 Å². The number of carbonyl (C=O) groups excluding carboxylic acids is 2. The molecule has 10 heteroatoms. The van der Waals surface area contributed by atoms with Gasteiger partial charge in [-0.2, -0.15) is 26.3 Å². The molecule has 0 radical (unpaired) electrons. The van der Waals surface area contributed by atoms with Crippen LogP contribution in [-0.2, 0) is 10.2 Å². The number of methoxy groups -OCH3 is 1. The van der Waals surface area contributed by atoms with Gasteiger partial charge in [0.1, 0.15) is 5.75 Å². The molecule has 41 heavy (non-hydrogen) atoms. The largest absolute Gasteiger partial charge is 0.465 e. The van der Waals surface area contributed by atoms with E-state index in [1.165, 1.54) is 31.4 Å². The van der Waals surface area contributed by atoms with Gasteiger partial charge in [-0.3, -0.25) is 0 Å². The minimum atomic E-state index is -5.72. The summed E-state index contributed by atoms with van der Waals surface area (Å²) in [4.78, 5) is 24.2. The Balaban J connectivity index is 1.57. The van der Waals surface area contributed by atoms with Crippen LogP contribution in [0, 0.1) is 6.92 Å². The maximum atomic E-state index is 14.3. The number of halogens is 6. The second kappa shape index (κ2) is 11.1. The van der Waals surface area contributed by atoms with E-state index < -0.39 is 40.8 Å². The molecule has 0 unspecified atom stereocenters. The van der Waals surface area contributed by atoms with Gasteiger partial charge in [0.25, 0.3) is 0 Å². The number of benzene rings is 4. The van der Waals surface area contributed by atoms with Crippen LogP contribution in [0.1, 0.15) is 37.4 Å². The van der Waals surface area contributed by atoms with Gasteiger partial charge in [0, 0.05) is 0 Å². The van der Waals surface area contributed by atoms with Crippen molar-refractivity contribution in [2.45, 2.75) is 24.7 Å². The first-order valence-corrected chi connectivity index (χ1v) is 12.1. The molecule has 0 saturated carbocycles. The Morgan fingerprint density at radius 3 is 1.34 bits per heavy atom. The lowest BCUT2D eigenvalue weighted by Gasteiger charge is -2.38. The summed E-state index contributed by atoms with van der Waals surface area (Å²) in [6.45, 7) is 1.55. The Bertz CT molecular complexity index is 1510. The van der Waals surface area contributed by atoms with E-state index in [-0.39, 0.29) is 11.3 Å². The Morgan fingerprint density at radius 2 is 0.951 bits per heavy atom. The molecule has 0 fully saturated rings. The molecule has 4 aromatic carbocycles. The number of alkyl halides is 6. The van der Waals surface area contributed by atoms with Crippen LogP contribution in [0.25, 0.3) is 11.1 Å². The minimum absolute atomic E-state index is 0.101. The van der Waals surface area contributed by atoms with Gasteiger partial charge in [0.05, 0.1) is 18.2 Å². The molecule has 0 aromatic heterocycles. The van der Waals surface area contributed by atoms with E-state index in [1.54, 1.807) is 43.3 Å². The third kappa shape index (κ3) is 5.68. The second-order valence-electron chi connectivity index (χ2n) is 9.17. The summed E-state index contributed by atoms with van der Waals surface area (Å²) >= 11 is 0. The average molecular weight is 573 g/mol. The van der Waals surface area contributed by atoms with Gasteiger partial charge >= 0.3 is 24.3 Å². The summed E-state index contributed by atoms with van der Waals surface area (Å²) in [6, 6.07) is 19.8. The average Bonchev–Trinajstić information content (AvgIpc) is 2.93. The molecule has 0 aliphatic heterocycles. The fraction of sp³-hybridized carbons (Fsp3) is 0.161. The molecule has 0 amide bonds. The lowest BCUT2D eigenvalue weighted by Crippen LogP contribution is -2.54. The molecule has 0 spiro atoms. The van der Waals surface area contributed by atoms with Crippen LogP contribution in [0.15, 0.2) is 97.1 Å². The van der Waals surface area contributed by atoms with Crippen molar-refractivity contribution in [2.75, 3.05) is 7.11 Å². The summed E-state index contributed by atoms with van der Waals surface area (Å²) in [7, 11) is 1.27. The van der Waals surface area contributed by atoms with Crippen molar-refractivity contribution in [1.29, 1.82) is 0 Å². The number of hydrogen-bond acceptors (Lipinski definition) is 4. The molecule has 0 N–H and O–H groups in total. The van der Waals surface area contributed by atoms with E-state index >= 15 is 0 Å². The zero-order valence-electron chi connectivity index (χ0n) is 21.6. The van der Waals surface area contributed by atoms with Crippen molar-refractivity contribution in [3.63, 3.8) is 0 Å². The van der Waals surface area contributed by atoms with Crippen LogP contribution < -0.4 is 4.74 Å². The molecular formula is C31H22F6O4. The first-order chi connectivity index (χ1) is 19.3. The number of ether oxygens (including phenoxy) is 2. The van der Waals surface area contributed by atoms with Crippen molar-refractivity contribution in [2.24, 2.45) is 0 Å². The lowest BCUT2D eigenvalue weighted by molar-refractivity contribution is -0.288. The molecule has 0 aliphatic rings. The van der Waals surface area contributed by atoms with E-state index in [0.29, 0.717) is 28.8 Å². The highest BCUT2D eigenvalue weighted by molar-refractivity contribution is 5.92. The van der Waals surface area contributed by atoms with E-state index in [4.69, 9.17) is 4.74 Å². The zero-order chi connectivity index (χ0) is 30.0. The maximum absolute atomic E-state index is 14.3. The number of carbonyl (C=O) groups is 2. The molecule has 212 valence electrons. The van der Waals surface area contributed by atoms with Crippen molar-refractivity contribution >= 4 is 11.9 Å². The minimum Gasteiger partial charge on any atom is -0.465 e. The van der Waals surface area contributed by atoms with E-state index in [1.807, 2.05) is 0 Å². The molecule has 4 nitrogen and oxygen atoms in total. The van der Waals surface area contributed by atoms with E-state index in [9.17, 15) is 35.9 Å². The highest BCUT2D eigenvalue weighted by Crippen LogP contribution is 2.56. The van der Waals surface area contributed by atoms with Crippen LogP contribution >= 0.6 is 0 Å². The molecule has 0 heterocycles. The number of hydrogen-bond donors (Lipinski definition) is 0. The predicted molar refractivity (Wildman–Crippen MR) is 139 cm³/mol. The van der Waals surface area contributed by atoms with Crippen molar-refractivity contribution in [3.8, 4) is 16.9 Å². The summed E-state index contributed by atoms with van der Waals surface area (Å²) in [5.41, 5.74) is -3.90. The fourth-order valence-electron chi connectivity index (χ4n) is 4.44. The standard InChI is InChI=1S/C31H22F6O4/c1-19-3-13-24(14-4-19)29(30(32,33)34,31(35,36)37)25-15-17-26(18-16-25)41-28(39)23-11-7-21(8-12-23)20-5-9-22(10-6-20)27(38)40-2/h3-18H,1-2H3. The van der Waals surface area contributed by atoms with Crippen LogP contribution in [0.2, 0.25) is 0 Å². The molecular weight excluding hydrogens is 550 g/mol. The lowest BCUT2D eigenvalue weighted by atomic mass is 9.72. The Hall–Kier alpha value is -4.60. The molecule has 0 bridgehead atoms. The molecule has 0 aliphatic carbocycles. The summed E-state index contributed by atoms with van der Waals surface area (Å²) < 4.78 is 95.5. The maximum Gasteiger partial charge on any atom is 0.411 e. The smallest absolute Gasteiger partial charge is 0.411 e. The Kier molecular flexibility index (Phi) is 7.96. The van der Waals surface area contributed by atoms with Crippen molar-refractivity contribution < 1.29 is 45.4 Å². The molecule has 4 aromatic rings. The Labute approximate surface area is 231 Å². The van der Waals surface area contributed by atoms with Crippen LogP contribution in [0.3, 0.4) is 0 Å². The van der Waals surface area contributed by atoms with Gasteiger partial charge in [0.2, 0.25) is 5.41 Å². The van der Waals surface area contributed by atoms with E-state index in [0.717, 1.165) is 29.8 Å². The highest BCUT2D eigenvalue weighted by atomic mass is 19.4. The number of aryl methyl sites for hydroxylation is 1. The molecule has 0 atom stereocenters. The third-order valence-electron chi connectivity index (χ3n) is 6.59. The predicted octanol–water partition coefficient (Wildman–Crippen LogP) is 8.08. The molecule has 0 saturated heterocycles. The summed E-state index contributed by atoms with van der Waals surface area (Å²) in [5, 5.41) is 0. The monoisotopic (exact) mass is 572 g/mol. The van der Waals surface area contributed by atoms with Crippen molar-refractivity contribution in [3.05, 3.63) is 125 Å². The second-order valence-corrected chi connectivity index (χ2v) is 9.17. The first kappa shape index (κ1) is 29.4. The van der Waals surface area contributed by atoms with Gasteiger partial charge in [-0.15, -0.1) is 0 Å². The fourth-order valence-corrected chi connectivity index (χ4v) is 4.44. The quantitative estimate of drug-likeness (QED) is 0.133. The summed E-state index contributed by atoms with van der Waals surface area (Å²) in [6.07, 6.45) is -11.4. The van der Waals surface area contributed by atoms with Crippen LogP contribution in [-0.4, -0.2) is 31.4 Å². The number of rotatable bonds is 6. The van der Waals surface area contributed by atoms with Crippen molar-refractivity contribution in [1.82, 2.24) is 0 Å². The summed E-state index contributed by atoms with van der Waals surface area (Å²) in [5.74, 6) is -1.58.